The second kappa shape index (κ2) is 48.1. The average Bonchev–Trinajstić information content (AvgIpc) is 0.887. The van der Waals surface area contributed by atoms with Gasteiger partial charge in [0.05, 0.1) is 19.1 Å². The predicted octanol–water partition coefficient (Wildman–Crippen LogP) is -1.96. The molecule has 0 saturated carbocycles. The highest BCUT2D eigenvalue weighted by Crippen LogP contribution is 2.15. The molecule has 0 aliphatic heterocycles. The smallest absolute Gasteiger partial charge is 0.326 e. The summed E-state index contributed by atoms with van der Waals surface area (Å²) in [6, 6.07) is -6.57. The number of hydrogen-bond donors (Lipinski definition) is 19. The van der Waals surface area contributed by atoms with Crippen molar-refractivity contribution in [3.8, 4) is 0 Å². The SMILES string of the molecule is CC[C@H](C)[C@H](NC(=O)[C@H](C)NC(=O)CNC(=O)[C@H](CS)NC(=O)[C@H](CS)NC(=O)[C@H](C)NC(=O)[C@H](CC(C)C)NC(=O)[C@H](Cc1ccccc1)NC(=O)CNC(=O)[C@H](CC(C)C)NC(=O)[C@@H](NC(=O)[C@@H](N)CCSC)[C@@H](C)CC)C(=O)N[C@@H](CCCCN)C(=O)N[C@@H](CCC(=O)O)C(=O)O. The quantitative estimate of drug-likeness (QED) is 0.0249. The van der Waals surface area contributed by atoms with Gasteiger partial charge in [0.15, 0.2) is 0 Å². The van der Waals surface area contributed by atoms with E-state index in [9.17, 15) is 77.0 Å². The Labute approximate surface area is 600 Å². The Morgan fingerprint density at radius 2 is 0.880 bits per heavy atom. The first-order valence-corrected chi connectivity index (χ1v) is 36.3. The minimum atomic E-state index is -1.58. The van der Waals surface area contributed by atoms with Gasteiger partial charge in [0.2, 0.25) is 76.8 Å². The van der Waals surface area contributed by atoms with Gasteiger partial charge in [0, 0.05) is 24.3 Å². The van der Waals surface area contributed by atoms with Gasteiger partial charge in [-0.2, -0.15) is 37.0 Å². The topological polar surface area (TPSA) is 505 Å². The summed E-state index contributed by atoms with van der Waals surface area (Å²) in [5, 5.41) is 51.6. The van der Waals surface area contributed by atoms with Crippen molar-refractivity contribution in [2.24, 2.45) is 35.1 Å². The van der Waals surface area contributed by atoms with Crippen LogP contribution >= 0.6 is 37.0 Å². The van der Waals surface area contributed by atoms with Crippen molar-refractivity contribution in [3.05, 3.63) is 35.9 Å². The highest BCUT2D eigenvalue weighted by atomic mass is 32.2. The Morgan fingerprint density at radius 1 is 0.460 bits per heavy atom. The van der Waals surface area contributed by atoms with Crippen molar-refractivity contribution < 1.29 is 82.1 Å². The molecular weight excluding hydrogens is 1360 g/mol. The second-order valence-electron chi connectivity index (χ2n) is 25.4. The van der Waals surface area contributed by atoms with E-state index in [4.69, 9.17) is 16.6 Å². The van der Waals surface area contributed by atoms with Crippen molar-refractivity contribution in [2.45, 2.75) is 212 Å². The van der Waals surface area contributed by atoms with E-state index in [1.807, 2.05) is 27.0 Å². The normalized spacial score (nSPS) is 15.4. The molecule has 564 valence electrons. The van der Waals surface area contributed by atoms with Gasteiger partial charge >= 0.3 is 11.9 Å². The number of carboxylic acid groups (broad SMARTS) is 2. The summed E-state index contributed by atoms with van der Waals surface area (Å²) in [6.07, 6.45) is 3.10. The van der Waals surface area contributed by atoms with E-state index in [2.05, 4.69) is 94.4 Å². The van der Waals surface area contributed by atoms with Gasteiger partial charge in [-0.25, -0.2) is 4.79 Å². The van der Waals surface area contributed by atoms with Crippen LogP contribution in [-0.4, -0.2) is 215 Å². The van der Waals surface area contributed by atoms with Crippen LogP contribution < -0.4 is 80.6 Å². The minimum absolute atomic E-state index is 0.0174. The molecule has 0 saturated heterocycles. The Balaban J connectivity index is 3.12. The van der Waals surface area contributed by atoms with Crippen LogP contribution in [0.1, 0.15) is 139 Å². The van der Waals surface area contributed by atoms with Crippen LogP contribution in [0.2, 0.25) is 0 Å². The molecule has 1 rings (SSSR count). The lowest BCUT2D eigenvalue weighted by molar-refractivity contribution is -0.143. The monoisotopic (exact) mass is 1470 g/mol. The third-order valence-corrected chi connectivity index (χ3v) is 17.4. The van der Waals surface area contributed by atoms with E-state index in [-0.39, 0.29) is 61.5 Å². The van der Waals surface area contributed by atoms with Crippen LogP contribution in [-0.2, 0) is 78.3 Å². The van der Waals surface area contributed by atoms with Gasteiger partial charge in [-0.3, -0.25) is 67.1 Å². The van der Waals surface area contributed by atoms with Crippen LogP contribution in [0.15, 0.2) is 30.3 Å². The number of benzene rings is 1. The number of hydrogen-bond acceptors (Lipinski definition) is 20. The first-order valence-electron chi connectivity index (χ1n) is 33.6. The predicted molar refractivity (Wildman–Crippen MR) is 383 cm³/mol. The number of amides is 13. The van der Waals surface area contributed by atoms with Crippen LogP contribution in [0.25, 0.3) is 0 Å². The Morgan fingerprint density at radius 3 is 1.38 bits per heavy atom. The van der Waals surface area contributed by atoms with Crippen molar-refractivity contribution in [1.29, 1.82) is 0 Å². The molecule has 0 aliphatic carbocycles. The third-order valence-electron chi connectivity index (χ3n) is 16.0. The number of rotatable bonds is 49. The standard InChI is InChI=1S/C65H109N15O17S3/c1-12-36(7)52(63(94)73-42(21-17-18-25-66)59(90)74-43(65(96)97)22-23-51(83)84)79-55(86)38(9)70-49(81)30-69-58(89)47(32-98)78-62(93)48(33-99)77-54(85)39(10)71-60(91)45(28-35(5)6)75-61(92)46(29-40-19-15-14-16-20-40)72-50(82)31-68-57(88)44(27-34(3)4)76-64(95)53(37(8)13-2)80-56(87)41(67)24-26-100-11/h14-16,19-20,34-39,41-48,52-53,98-99H,12-13,17-18,21-33,66-67H2,1-11H3,(H,68,88)(H,69,89)(H,70,81)(H,71,91)(H,72,82)(H,73,94)(H,74,90)(H,75,92)(H,76,95)(H,77,85)(H,78,93)(H,79,86)(H,80,87)(H,83,84)(H,96,97)/t36-,37-,38-,39-,41-,42-,43-,44-,45-,46-,47-,48-,52-,53-/m0/s1. The highest BCUT2D eigenvalue weighted by Gasteiger charge is 2.37. The lowest BCUT2D eigenvalue weighted by atomic mass is 9.96. The fourth-order valence-electron chi connectivity index (χ4n) is 9.66. The van der Waals surface area contributed by atoms with Crippen LogP contribution in [0, 0.1) is 23.7 Å². The summed E-state index contributed by atoms with van der Waals surface area (Å²) in [7, 11) is 0. The maximum Gasteiger partial charge on any atom is 0.326 e. The van der Waals surface area contributed by atoms with Crippen LogP contribution in [0.3, 0.4) is 0 Å². The molecule has 14 atom stereocenters. The molecule has 32 nitrogen and oxygen atoms in total. The molecule has 13 amide bonds. The van der Waals surface area contributed by atoms with Crippen molar-refractivity contribution in [1.82, 2.24) is 69.1 Å². The molecule has 0 heterocycles. The number of thioether (sulfide) groups is 1. The molecule has 0 unspecified atom stereocenters. The molecular formula is C65H109N15O17S3. The van der Waals surface area contributed by atoms with E-state index in [1.165, 1.54) is 25.6 Å². The van der Waals surface area contributed by atoms with E-state index < -0.39 is 193 Å². The zero-order valence-corrected chi connectivity index (χ0v) is 61.7. The van der Waals surface area contributed by atoms with E-state index in [0.717, 1.165) is 0 Å². The molecule has 0 aromatic heterocycles. The summed E-state index contributed by atoms with van der Waals surface area (Å²) in [6.45, 7) is 15.8. The Bertz CT molecular complexity index is 2880. The lowest BCUT2D eigenvalue weighted by Crippen LogP contribution is -2.60. The summed E-state index contributed by atoms with van der Waals surface area (Å²) < 4.78 is 0. The van der Waals surface area contributed by atoms with Crippen molar-refractivity contribution >= 4 is 126 Å². The number of carboxylic acids is 2. The van der Waals surface area contributed by atoms with Gasteiger partial charge in [0.25, 0.3) is 0 Å². The van der Waals surface area contributed by atoms with Gasteiger partial charge in [0.1, 0.15) is 66.5 Å². The first-order chi connectivity index (χ1) is 47.1. The Hall–Kier alpha value is -7.76. The largest absolute Gasteiger partial charge is 0.481 e. The van der Waals surface area contributed by atoms with E-state index >= 15 is 0 Å². The number of nitrogens with two attached hydrogens (primary N) is 2. The van der Waals surface area contributed by atoms with Crippen LogP contribution in [0.4, 0.5) is 0 Å². The van der Waals surface area contributed by atoms with Crippen molar-refractivity contribution in [3.63, 3.8) is 0 Å². The summed E-state index contributed by atoms with van der Waals surface area (Å²) in [5.74, 6) is -14.3. The zero-order valence-electron chi connectivity index (χ0n) is 59.1. The minimum Gasteiger partial charge on any atom is -0.481 e. The fraction of sp³-hybridized carbons (Fsp3) is 0.677. The van der Waals surface area contributed by atoms with E-state index in [1.54, 1.807) is 65.0 Å². The molecule has 35 heteroatoms. The molecule has 1 aromatic rings. The van der Waals surface area contributed by atoms with Gasteiger partial charge in [-0.05, 0) is 107 Å². The number of aliphatic carboxylic acids is 2. The zero-order chi connectivity index (χ0) is 75.9. The number of nitrogens with one attached hydrogen (secondary N) is 13. The summed E-state index contributed by atoms with van der Waals surface area (Å²) in [5.41, 5.74) is 12.3. The van der Waals surface area contributed by atoms with Gasteiger partial charge in [-0.15, -0.1) is 0 Å². The molecule has 19 N–H and O–H groups in total. The average molecular weight is 1470 g/mol. The maximum atomic E-state index is 14.2. The molecule has 1 aromatic carbocycles. The van der Waals surface area contributed by atoms with Crippen LogP contribution in [0.5, 0.6) is 0 Å². The molecule has 0 spiro atoms. The first kappa shape index (κ1) is 90.3. The number of thiol groups is 2. The van der Waals surface area contributed by atoms with Gasteiger partial charge < -0.3 is 90.8 Å². The number of carbonyl (C=O) groups excluding carboxylic acids is 13. The molecule has 0 aliphatic rings. The third kappa shape index (κ3) is 34.5. The van der Waals surface area contributed by atoms with Gasteiger partial charge in [-0.1, -0.05) is 98.6 Å². The Kier molecular flexibility index (Phi) is 43.4. The molecule has 0 radical (unpaired) electrons. The second-order valence-corrected chi connectivity index (χ2v) is 27.2. The molecule has 0 fully saturated rings. The van der Waals surface area contributed by atoms with E-state index in [0.29, 0.717) is 43.4 Å². The summed E-state index contributed by atoms with van der Waals surface area (Å²) >= 11 is 9.91. The lowest BCUT2D eigenvalue weighted by Gasteiger charge is -2.28. The fourth-order valence-corrected chi connectivity index (χ4v) is 10.7. The number of unbranched alkanes of at least 4 members (excludes halogenated alkanes) is 1. The van der Waals surface area contributed by atoms with Crippen molar-refractivity contribution in [2.75, 3.05) is 43.1 Å². The highest BCUT2D eigenvalue weighted by molar-refractivity contribution is 7.98. The molecule has 100 heavy (non-hydrogen) atoms. The number of carbonyl (C=O) groups is 15. The maximum absolute atomic E-state index is 14.2. The molecule has 0 bridgehead atoms. The summed E-state index contributed by atoms with van der Waals surface area (Å²) in [4.78, 5) is 199.